The third-order valence-corrected chi connectivity index (χ3v) is 4.77. The molecule has 1 fully saturated rings. The maximum atomic E-state index is 12.4. The molecule has 1 N–H and O–H groups in total. The molecule has 1 heterocycles. The van der Waals surface area contributed by atoms with Gasteiger partial charge in [0.2, 0.25) is 5.91 Å². The summed E-state index contributed by atoms with van der Waals surface area (Å²) in [5, 5.41) is 13.9. The van der Waals surface area contributed by atoms with Crippen molar-refractivity contribution in [3.63, 3.8) is 0 Å². The summed E-state index contributed by atoms with van der Waals surface area (Å²) in [7, 11) is 0. The first-order chi connectivity index (χ1) is 12.6. The van der Waals surface area contributed by atoms with Crippen LogP contribution in [0.5, 0.6) is 0 Å². The summed E-state index contributed by atoms with van der Waals surface area (Å²) in [6, 6.07) is 6.62. The summed E-state index contributed by atoms with van der Waals surface area (Å²) in [6.45, 7) is 2.21. The molecule has 2 aliphatic rings. The van der Waals surface area contributed by atoms with E-state index >= 15 is 0 Å². The van der Waals surface area contributed by atoms with Gasteiger partial charge in [-0.3, -0.25) is 9.59 Å². The summed E-state index contributed by atoms with van der Waals surface area (Å²) in [5.74, 6) is -3.10. The van der Waals surface area contributed by atoms with Crippen LogP contribution in [0.4, 0.5) is 5.69 Å². The summed E-state index contributed by atoms with van der Waals surface area (Å²) < 4.78 is 5.24. The lowest BCUT2D eigenvalue weighted by Crippen LogP contribution is -2.41. The Kier molecular flexibility index (Phi) is 5.68. The molecule has 1 aromatic rings. The van der Waals surface area contributed by atoms with Gasteiger partial charge in [0.25, 0.3) is 5.91 Å². The predicted octanol–water partition coefficient (Wildman–Crippen LogP) is 0.430. The zero-order chi connectivity index (χ0) is 18.5. The van der Waals surface area contributed by atoms with Gasteiger partial charge >= 0.3 is 0 Å². The topological polar surface area (TPSA) is 98.8 Å². The number of aliphatic carboxylic acids is 1. The van der Waals surface area contributed by atoms with Gasteiger partial charge in [0.1, 0.15) is 0 Å². The number of carboxylic acid groups (broad SMARTS) is 1. The number of carboxylic acids is 1. The number of carbonyl (C=O) groups excluding carboxylic acids is 3. The molecule has 0 spiro atoms. The number of carbonyl (C=O) groups is 3. The van der Waals surface area contributed by atoms with Gasteiger partial charge in [0, 0.05) is 36.2 Å². The minimum Gasteiger partial charge on any atom is -0.550 e. The molecule has 0 saturated carbocycles. The van der Waals surface area contributed by atoms with Crippen molar-refractivity contribution in [1.29, 1.82) is 0 Å². The number of anilines is 1. The molecule has 0 radical (unpaired) electrons. The molecule has 0 unspecified atom stereocenters. The van der Waals surface area contributed by atoms with Crippen molar-refractivity contribution in [1.82, 2.24) is 4.90 Å². The number of rotatable bonds is 4. The Balaban J connectivity index is 1.63. The maximum Gasteiger partial charge on any atom is 0.254 e. The average molecular weight is 357 g/mol. The molecule has 0 bridgehead atoms. The minimum absolute atomic E-state index is 0.0689. The van der Waals surface area contributed by atoms with Crippen molar-refractivity contribution >= 4 is 23.5 Å². The van der Waals surface area contributed by atoms with Crippen LogP contribution in [-0.2, 0) is 14.3 Å². The Morgan fingerprint density at radius 2 is 1.62 bits per heavy atom. The molecule has 7 nitrogen and oxygen atoms in total. The highest BCUT2D eigenvalue weighted by atomic mass is 16.5. The molecular weight excluding hydrogens is 336 g/mol. The Labute approximate surface area is 151 Å². The predicted molar refractivity (Wildman–Crippen MR) is 92.2 cm³/mol. The van der Waals surface area contributed by atoms with Gasteiger partial charge in [-0.2, -0.15) is 0 Å². The highest BCUT2D eigenvalue weighted by Crippen LogP contribution is 2.26. The molecule has 0 aromatic heterocycles. The molecule has 2 atom stereocenters. The van der Waals surface area contributed by atoms with Crippen LogP contribution >= 0.6 is 0 Å². The highest BCUT2D eigenvalue weighted by Gasteiger charge is 2.29. The van der Waals surface area contributed by atoms with Gasteiger partial charge in [-0.1, -0.05) is 12.2 Å². The molecule has 1 aliphatic carbocycles. The Bertz CT molecular complexity index is 707. The second-order valence-corrected chi connectivity index (χ2v) is 6.45. The molecule has 1 aliphatic heterocycles. The molecule has 138 valence electrons. The second kappa shape index (κ2) is 8.14. The Morgan fingerprint density at radius 1 is 1.00 bits per heavy atom. The summed E-state index contributed by atoms with van der Waals surface area (Å²) >= 11 is 0. The zero-order valence-electron chi connectivity index (χ0n) is 14.3. The van der Waals surface area contributed by atoms with Crippen LogP contribution in [0, 0.1) is 11.8 Å². The number of benzene rings is 1. The van der Waals surface area contributed by atoms with Gasteiger partial charge in [-0.25, -0.2) is 0 Å². The zero-order valence-corrected chi connectivity index (χ0v) is 14.3. The van der Waals surface area contributed by atoms with Crippen LogP contribution in [0.2, 0.25) is 0 Å². The fraction of sp³-hybridized carbons (Fsp3) is 0.421. The van der Waals surface area contributed by atoms with Gasteiger partial charge in [-0.15, -0.1) is 0 Å². The van der Waals surface area contributed by atoms with E-state index in [4.69, 9.17) is 4.74 Å². The van der Waals surface area contributed by atoms with Crippen molar-refractivity contribution in [2.75, 3.05) is 31.6 Å². The van der Waals surface area contributed by atoms with Crippen molar-refractivity contribution in [2.24, 2.45) is 11.8 Å². The van der Waals surface area contributed by atoms with E-state index < -0.39 is 17.8 Å². The fourth-order valence-electron chi connectivity index (χ4n) is 3.24. The monoisotopic (exact) mass is 357 g/mol. The van der Waals surface area contributed by atoms with Crippen LogP contribution in [0.15, 0.2) is 36.4 Å². The Morgan fingerprint density at radius 3 is 2.23 bits per heavy atom. The van der Waals surface area contributed by atoms with Crippen molar-refractivity contribution in [2.45, 2.75) is 12.8 Å². The Hall–Kier alpha value is -2.67. The standard InChI is InChI=1S/C19H22N2O5/c22-17(15-3-1-2-4-16(15)19(24)25)20-14-7-5-13(6-8-14)18(23)21-9-11-26-12-10-21/h1-2,5-8,15-16H,3-4,9-12H2,(H,20,22)(H,24,25)/p-1/t15-,16-/m0/s1. The molecule has 3 rings (SSSR count). The van der Waals surface area contributed by atoms with E-state index in [2.05, 4.69) is 5.32 Å². The number of morpholine rings is 1. The molecule has 26 heavy (non-hydrogen) atoms. The lowest BCUT2D eigenvalue weighted by atomic mass is 9.82. The highest BCUT2D eigenvalue weighted by molar-refractivity contribution is 5.97. The number of hydrogen-bond acceptors (Lipinski definition) is 5. The van der Waals surface area contributed by atoms with Crippen LogP contribution in [0.1, 0.15) is 23.2 Å². The fourth-order valence-corrected chi connectivity index (χ4v) is 3.24. The SMILES string of the molecule is O=C([O-])[C@H]1CC=CC[C@@H]1C(=O)Nc1ccc(C(=O)N2CCOCC2)cc1. The van der Waals surface area contributed by atoms with E-state index in [1.807, 2.05) is 6.08 Å². The summed E-state index contributed by atoms with van der Waals surface area (Å²) in [5.41, 5.74) is 1.07. The number of nitrogens with zero attached hydrogens (tertiary/aromatic N) is 1. The van der Waals surface area contributed by atoms with Gasteiger partial charge in [0.05, 0.1) is 19.1 Å². The molecular formula is C19H21N2O5-. The third kappa shape index (κ3) is 4.11. The first-order valence-electron chi connectivity index (χ1n) is 8.70. The first-order valence-corrected chi connectivity index (χ1v) is 8.70. The molecule has 1 saturated heterocycles. The number of ether oxygens (including phenoxy) is 1. The number of amides is 2. The lowest BCUT2D eigenvalue weighted by Gasteiger charge is -2.28. The lowest BCUT2D eigenvalue weighted by molar-refractivity contribution is -0.313. The summed E-state index contributed by atoms with van der Waals surface area (Å²) in [6.07, 6.45) is 4.25. The number of hydrogen-bond donors (Lipinski definition) is 1. The van der Waals surface area contributed by atoms with E-state index in [0.29, 0.717) is 50.4 Å². The van der Waals surface area contributed by atoms with Crippen molar-refractivity contribution in [3.8, 4) is 0 Å². The van der Waals surface area contributed by atoms with E-state index in [-0.39, 0.29) is 11.8 Å². The smallest absolute Gasteiger partial charge is 0.254 e. The van der Waals surface area contributed by atoms with Gasteiger partial charge in [-0.05, 0) is 37.1 Å². The van der Waals surface area contributed by atoms with Crippen molar-refractivity contribution in [3.05, 3.63) is 42.0 Å². The number of nitrogens with one attached hydrogen (secondary N) is 1. The molecule has 2 amide bonds. The first kappa shape index (κ1) is 18.1. The van der Waals surface area contributed by atoms with Gasteiger partial charge < -0.3 is 24.9 Å². The van der Waals surface area contributed by atoms with Crippen LogP contribution in [0.25, 0.3) is 0 Å². The third-order valence-electron chi connectivity index (χ3n) is 4.77. The van der Waals surface area contributed by atoms with Crippen molar-refractivity contribution < 1.29 is 24.2 Å². The normalized spacial score (nSPS) is 22.7. The van der Waals surface area contributed by atoms with Crippen LogP contribution in [0.3, 0.4) is 0 Å². The average Bonchev–Trinajstić information content (AvgIpc) is 2.68. The van der Waals surface area contributed by atoms with E-state index in [1.165, 1.54) is 0 Å². The van der Waals surface area contributed by atoms with E-state index in [9.17, 15) is 19.5 Å². The number of allylic oxidation sites excluding steroid dienone is 2. The largest absolute Gasteiger partial charge is 0.550 e. The van der Waals surface area contributed by atoms with Crippen LogP contribution < -0.4 is 10.4 Å². The van der Waals surface area contributed by atoms with E-state index in [0.717, 1.165) is 0 Å². The summed E-state index contributed by atoms with van der Waals surface area (Å²) in [4.78, 5) is 37.8. The maximum absolute atomic E-state index is 12.4. The second-order valence-electron chi connectivity index (χ2n) is 6.45. The van der Waals surface area contributed by atoms with E-state index in [1.54, 1.807) is 35.2 Å². The minimum atomic E-state index is -1.21. The molecule has 7 heteroatoms. The van der Waals surface area contributed by atoms with Crippen LogP contribution in [-0.4, -0.2) is 49.0 Å². The molecule has 1 aromatic carbocycles. The quantitative estimate of drug-likeness (QED) is 0.788. The van der Waals surface area contributed by atoms with Gasteiger partial charge in [0.15, 0.2) is 0 Å².